The number of oxazole rings is 1. The largest absolute Gasteiger partial charge is 0.419 e. The summed E-state index contributed by atoms with van der Waals surface area (Å²) in [6, 6.07) is 8.80. The van der Waals surface area contributed by atoms with Gasteiger partial charge in [-0.3, -0.25) is 9.36 Å². The zero-order chi connectivity index (χ0) is 19.6. The normalized spacial score (nSPS) is 11.7. The van der Waals surface area contributed by atoms with Gasteiger partial charge in [-0.15, -0.1) is 0 Å². The first-order valence-corrected chi connectivity index (χ1v) is 7.96. The fourth-order valence-electron chi connectivity index (χ4n) is 2.64. The number of fused-ring (bicyclic) bond motifs is 1. The Labute approximate surface area is 150 Å². The summed E-state index contributed by atoms with van der Waals surface area (Å²) < 4.78 is 57.8. The number of aromatic nitrogens is 1. The molecule has 1 aromatic heterocycles. The molecule has 1 N–H and O–H groups in total. The molecule has 0 fully saturated rings. The monoisotopic (exact) mass is 382 g/mol. The molecule has 0 saturated heterocycles. The van der Waals surface area contributed by atoms with Crippen molar-refractivity contribution in [3.63, 3.8) is 0 Å². The highest BCUT2D eigenvalue weighted by atomic mass is 19.4. The number of para-hydroxylation sites is 2. The molecule has 0 spiro atoms. The van der Waals surface area contributed by atoms with Crippen LogP contribution >= 0.6 is 0 Å². The molecule has 27 heavy (non-hydrogen) atoms. The van der Waals surface area contributed by atoms with Crippen molar-refractivity contribution in [3.05, 3.63) is 70.0 Å². The van der Waals surface area contributed by atoms with Gasteiger partial charge in [-0.25, -0.2) is 9.18 Å². The molecule has 0 bridgehead atoms. The number of halogens is 4. The molecular weight excluding hydrogens is 368 g/mol. The maximum absolute atomic E-state index is 13.3. The topological polar surface area (TPSA) is 64.2 Å². The second-order valence-electron chi connectivity index (χ2n) is 5.86. The Morgan fingerprint density at radius 1 is 1.15 bits per heavy atom. The number of carbonyl (C=O) groups is 1. The standard InChI is InChI=1S/C18H14F4N2O3/c19-13-8-11(7-12(9-13)18(20,21)22)10-23-16(25)5-6-24-14-3-1-2-4-15(14)27-17(24)26/h1-4,7-9H,5-6,10H2,(H,23,25). The molecule has 0 atom stereocenters. The van der Waals surface area contributed by atoms with Crippen molar-refractivity contribution in [1.29, 1.82) is 0 Å². The van der Waals surface area contributed by atoms with Crippen molar-refractivity contribution in [2.45, 2.75) is 25.7 Å². The molecule has 0 aliphatic carbocycles. The third-order valence-electron chi connectivity index (χ3n) is 3.91. The van der Waals surface area contributed by atoms with Gasteiger partial charge in [0.05, 0.1) is 11.1 Å². The Morgan fingerprint density at radius 3 is 2.63 bits per heavy atom. The van der Waals surface area contributed by atoms with Crippen molar-refractivity contribution in [3.8, 4) is 0 Å². The summed E-state index contributed by atoms with van der Waals surface area (Å²) >= 11 is 0. The molecule has 0 saturated carbocycles. The lowest BCUT2D eigenvalue weighted by atomic mass is 10.1. The summed E-state index contributed by atoms with van der Waals surface area (Å²) in [5.41, 5.74) is -0.206. The van der Waals surface area contributed by atoms with Crippen LogP contribution in [0.15, 0.2) is 51.7 Å². The molecule has 0 radical (unpaired) electrons. The zero-order valence-corrected chi connectivity index (χ0v) is 13.8. The zero-order valence-electron chi connectivity index (χ0n) is 13.8. The van der Waals surface area contributed by atoms with Crippen LogP contribution in [0.1, 0.15) is 17.5 Å². The SMILES string of the molecule is O=C(CCn1c(=O)oc2ccccc21)NCc1cc(F)cc(C(F)(F)F)c1. The number of hydrogen-bond donors (Lipinski definition) is 1. The lowest BCUT2D eigenvalue weighted by Gasteiger charge is -2.10. The van der Waals surface area contributed by atoms with E-state index in [1.54, 1.807) is 24.3 Å². The van der Waals surface area contributed by atoms with E-state index in [0.717, 1.165) is 12.1 Å². The van der Waals surface area contributed by atoms with Gasteiger partial charge in [-0.1, -0.05) is 12.1 Å². The van der Waals surface area contributed by atoms with Crippen LogP contribution in [-0.2, 0) is 24.1 Å². The number of rotatable bonds is 5. The number of nitrogens with one attached hydrogen (secondary N) is 1. The van der Waals surface area contributed by atoms with Crippen LogP contribution in [0.2, 0.25) is 0 Å². The number of carbonyl (C=O) groups excluding carboxylic acids is 1. The van der Waals surface area contributed by atoms with Crippen LogP contribution in [0.4, 0.5) is 17.6 Å². The first-order chi connectivity index (χ1) is 12.7. The van der Waals surface area contributed by atoms with Crippen LogP contribution in [0.5, 0.6) is 0 Å². The fraction of sp³-hybridized carbons (Fsp3) is 0.222. The van der Waals surface area contributed by atoms with E-state index in [4.69, 9.17) is 4.42 Å². The minimum Gasteiger partial charge on any atom is -0.408 e. The van der Waals surface area contributed by atoms with E-state index in [9.17, 15) is 27.2 Å². The van der Waals surface area contributed by atoms with Gasteiger partial charge in [0, 0.05) is 19.5 Å². The summed E-state index contributed by atoms with van der Waals surface area (Å²) in [5.74, 6) is -2.14. The highest BCUT2D eigenvalue weighted by Crippen LogP contribution is 2.30. The molecule has 2 aromatic carbocycles. The third kappa shape index (κ3) is 4.36. The Hall–Kier alpha value is -3.10. The molecule has 3 aromatic rings. The molecular formula is C18H14F4N2O3. The van der Waals surface area contributed by atoms with Crippen molar-refractivity contribution >= 4 is 17.0 Å². The molecule has 1 amide bonds. The van der Waals surface area contributed by atoms with Gasteiger partial charge < -0.3 is 9.73 Å². The van der Waals surface area contributed by atoms with Crippen molar-refractivity contribution in [2.75, 3.05) is 0 Å². The van der Waals surface area contributed by atoms with Gasteiger partial charge in [0.2, 0.25) is 5.91 Å². The molecule has 142 valence electrons. The molecule has 3 rings (SSSR count). The first kappa shape index (κ1) is 18.7. The van der Waals surface area contributed by atoms with Gasteiger partial charge in [-0.2, -0.15) is 13.2 Å². The van der Waals surface area contributed by atoms with Gasteiger partial charge >= 0.3 is 11.9 Å². The van der Waals surface area contributed by atoms with Gasteiger partial charge in [0.25, 0.3) is 0 Å². The Bertz CT molecular complexity index is 1040. The summed E-state index contributed by atoms with van der Waals surface area (Å²) in [4.78, 5) is 23.8. The Kier molecular flexibility index (Phi) is 5.02. The number of benzene rings is 2. The summed E-state index contributed by atoms with van der Waals surface area (Å²) in [6.07, 6.45) is -4.77. The van der Waals surface area contributed by atoms with E-state index >= 15 is 0 Å². The maximum Gasteiger partial charge on any atom is 0.419 e. The highest BCUT2D eigenvalue weighted by Gasteiger charge is 2.31. The smallest absolute Gasteiger partial charge is 0.408 e. The van der Waals surface area contributed by atoms with Crippen molar-refractivity contribution in [1.82, 2.24) is 9.88 Å². The lowest BCUT2D eigenvalue weighted by molar-refractivity contribution is -0.137. The average Bonchev–Trinajstić information content (AvgIpc) is 2.92. The number of hydrogen-bond acceptors (Lipinski definition) is 3. The van der Waals surface area contributed by atoms with Crippen LogP contribution in [0.25, 0.3) is 11.1 Å². The quantitative estimate of drug-likeness (QED) is 0.688. The van der Waals surface area contributed by atoms with E-state index in [-0.39, 0.29) is 25.1 Å². The van der Waals surface area contributed by atoms with Gasteiger partial charge in [0.15, 0.2) is 5.58 Å². The maximum atomic E-state index is 13.3. The Morgan fingerprint density at radius 2 is 1.89 bits per heavy atom. The summed E-state index contributed by atoms with van der Waals surface area (Å²) in [7, 11) is 0. The lowest BCUT2D eigenvalue weighted by Crippen LogP contribution is -2.26. The van der Waals surface area contributed by atoms with Crippen LogP contribution in [-0.4, -0.2) is 10.5 Å². The summed E-state index contributed by atoms with van der Waals surface area (Å²) in [6.45, 7) is -0.223. The van der Waals surface area contributed by atoms with E-state index in [0.29, 0.717) is 17.2 Å². The Balaban J connectivity index is 1.63. The minimum absolute atomic E-state index is 0.0124. The number of aryl methyl sites for hydroxylation is 1. The summed E-state index contributed by atoms with van der Waals surface area (Å²) in [5, 5.41) is 2.42. The molecule has 5 nitrogen and oxygen atoms in total. The van der Waals surface area contributed by atoms with Crippen LogP contribution < -0.4 is 11.1 Å². The van der Waals surface area contributed by atoms with Gasteiger partial charge in [0.1, 0.15) is 5.82 Å². The van der Waals surface area contributed by atoms with Crippen molar-refractivity contribution in [2.24, 2.45) is 0 Å². The fourth-order valence-corrected chi connectivity index (χ4v) is 2.64. The van der Waals surface area contributed by atoms with Crippen LogP contribution in [0, 0.1) is 5.82 Å². The predicted octanol–water partition coefficient (Wildman–Crippen LogP) is 3.46. The van der Waals surface area contributed by atoms with E-state index in [2.05, 4.69) is 5.32 Å². The third-order valence-corrected chi connectivity index (χ3v) is 3.91. The van der Waals surface area contributed by atoms with Crippen LogP contribution in [0.3, 0.4) is 0 Å². The van der Waals surface area contributed by atoms with E-state index < -0.39 is 29.2 Å². The second kappa shape index (κ2) is 7.26. The highest BCUT2D eigenvalue weighted by molar-refractivity contribution is 5.76. The molecule has 9 heteroatoms. The number of alkyl halides is 3. The van der Waals surface area contributed by atoms with E-state index in [1.807, 2.05) is 0 Å². The number of amides is 1. The van der Waals surface area contributed by atoms with E-state index in [1.165, 1.54) is 4.57 Å². The van der Waals surface area contributed by atoms with Gasteiger partial charge in [-0.05, 0) is 35.9 Å². The second-order valence-corrected chi connectivity index (χ2v) is 5.86. The predicted molar refractivity (Wildman–Crippen MR) is 88.3 cm³/mol. The number of nitrogens with zero attached hydrogens (tertiary/aromatic N) is 1. The first-order valence-electron chi connectivity index (χ1n) is 7.96. The molecule has 1 heterocycles. The minimum atomic E-state index is -4.68. The van der Waals surface area contributed by atoms with Crippen molar-refractivity contribution < 1.29 is 26.8 Å². The average molecular weight is 382 g/mol. The molecule has 0 unspecified atom stereocenters. The molecule has 0 aliphatic heterocycles. The molecule has 0 aliphatic rings.